The molecule has 0 heterocycles. The Balaban J connectivity index is 1.40. The smallest absolute Gasteiger partial charge is 0.418 e. The Kier molecular flexibility index (Phi) is 6.50. The quantitative estimate of drug-likeness (QED) is 0.373. The first-order valence-electron chi connectivity index (χ1n) is 13.3. The summed E-state index contributed by atoms with van der Waals surface area (Å²) in [6.07, 6.45) is -1.30. The number of rotatable bonds is 3. The summed E-state index contributed by atoms with van der Waals surface area (Å²) in [7, 11) is 0. The van der Waals surface area contributed by atoms with Crippen LogP contribution in [-0.4, -0.2) is 17.0 Å². The third kappa shape index (κ3) is 4.57. The average Bonchev–Trinajstić information content (AvgIpc) is 3.19. The van der Waals surface area contributed by atoms with E-state index in [0.717, 1.165) is 24.8 Å². The second-order valence-corrected chi connectivity index (χ2v) is 12.1. The van der Waals surface area contributed by atoms with E-state index < -0.39 is 52.4 Å². The topological polar surface area (TPSA) is 66.4 Å². The van der Waals surface area contributed by atoms with Crippen molar-refractivity contribution >= 4 is 17.6 Å². The molecule has 6 atom stereocenters. The number of benzene rings is 1. The Labute approximate surface area is 222 Å². The van der Waals surface area contributed by atoms with Crippen molar-refractivity contribution in [3.05, 3.63) is 52.6 Å². The summed E-state index contributed by atoms with van der Waals surface area (Å²) in [5, 5.41) is 11.7. The normalized spacial score (nSPS) is 34.3. The van der Waals surface area contributed by atoms with Crippen molar-refractivity contribution < 1.29 is 41.0 Å². The lowest BCUT2D eigenvalue weighted by atomic mass is 9.48. The summed E-state index contributed by atoms with van der Waals surface area (Å²) in [6, 6.07) is 1.10. The number of carbonyl (C=O) groups is 2. The molecule has 4 aliphatic carbocycles. The highest BCUT2D eigenvalue weighted by Gasteiger charge is 2.59. The van der Waals surface area contributed by atoms with E-state index >= 15 is 0 Å². The van der Waals surface area contributed by atoms with Crippen LogP contribution in [0.4, 0.5) is 32.0 Å². The van der Waals surface area contributed by atoms with Crippen molar-refractivity contribution in [2.75, 3.05) is 5.32 Å². The van der Waals surface area contributed by atoms with Crippen molar-refractivity contribution in [3.63, 3.8) is 0 Å². The van der Waals surface area contributed by atoms with Crippen molar-refractivity contribution in [1.29, 1.82) is 0 Å². The fourth-order valence-electron chi connectivity index (χ4n) is 8.22. The Hall–Kier alpha value is -2.78. The molecule has 212 valence electrons. The van der Waals surface area contributed by atoms with E-state index in [2.05, 4.69) is 18.3 Å². The molecule has 1 aromatic rings. The fraction of sp³-hybridized carbons (Fsp3) is 0.586. The van der Waals surface area contributed by atoms with Gasteiger partial charge >= 0.3 is 18.3 Å². The van der Waals surface area contributed by atoms with Crippen LogP contribution in [-0.2, 0) is 21.9 Å². The molecule has 0 spiro atoms. The van der Waals surface area contributed by atoms with Gasteiger partial charge in [0.15, 0.2) is 0 Å². The predicted octanol–water partition coefficient (Wildman–Crippen LogP) is 7.86. The maximum atomic E-state index is 13.6. The number of nitrogens with one attached hydrogen (secondary N) is 1. The second-order valence-electron chi connectivity index (χ2n) is 12.1. The number of hydrogen-bond acceptors (Lipinski definition) is 2. The zero-order valence-electron chi connectivity index (χ0n) is 21.7. The van der Waals surface area contributed by atoms with Crippen molar-refractivity contribution in [1.82, 2.24) is 0 Å². The van der Waals surface area contributed by atoms with Gasteiger partial charge in [0.25, 0.3) is 0 Å². The number of carboxylic acid groups (broad SMARTS) is 1. The van der Waals surface area contributed by atoms with E-state index in [4.69, 9.17) is 0 Å². The van der Waals surface area contributed by atoms with Crippen LogP contribution in [0.25, 0.3) is 0 Å². The number of halogens is 6. The molecule has 2 fully saturated rings. The van der Waals surface area contributed by atoms with Crippen LogP contribution in [0.2, 0.25) is 0 Å². The summed E-state index contributed by atoms with van der Waals surface area (Å²) in [4.78, 5) is 25.0. The van der Waals surface area contributed by atoms with Crippen LogP contribution in [0.15, 0.2) is 41.5 Å². The molecular formula is C29H31F6NO3. The number of carbonyl (C=O) groups excluding carboxylic acids is 1. The Bertz CT molecular complexity index is 1260. The van der Waals surface area contributed by atoms with Crippen LogP contribution >= 0.6 is 0 Å². The minimum Gasteiger partial charge on any atom is -0.478 e. The number of aliphatic carboxylic acids is 1. The Morgan fingerprint density at radius 2 is 1.69 bits per heavy atom. The Morgan fingerprint density at radius 3 is 2.33 bits per heavy atom. The molecule has 0 aromatic heterocycles. The van der Waals surface area contributed by atoms with Gasteiger partial charge in [-0.2, -0.15) is 26.3 Å². The lowest BCUT2D eigenvalue weighted by Gasteiger charge is -2.56. The van der Waals surface area contributed by atoms with Crippen LogP contribution in [0.5, 0.6) is 0 Å². The highest BCUT2D eigenvalue weighted by atomic mass is 19.4. The molecule has 0 saturated heterocycles. The monoisotopic (exact) mass is 555 g/mol. The van der Waals surface area contributed by atoms with E-state index in [1.165, 1.54) is 0 Å². The number of carboxylic acids is 1. The minimum atomic E-state index is -4.93. The van der Waals surface area contributed by atoms with Gasteiger partial charge in [-0.25, -0.2) is 4.79 Å². The molecule has 10 heteroatoms. The molecule has 0 aliphatic heterocycles. The highest BCUT2D eigenvalue weighted by molar-refractivity contribution is 5.94. The number of alkyl halides is 6. The third-order valence-corrected chi connectivity index (χ3v) is 10.3. The second kappa shape index (κ2) is 9.13. The largest absolute Gasteiger partial charge is 0.478 e. The number of hydrogen-bond donors (Lipinski definition) is 2. The van der Waals surface area contributed by atoms with Gasteiger partial charge in [0.1, 0.15) is 0 Å². The first kappa shape index (κ1) is 27.8. The van der Waals surface area contributed by atoms with Gasteiger partial charge in [-0.1, -0.05) is 19.9 Å². The number of allylic oxidation sites excluding steroid dienone is 3. The molecule has 39 heavy (non-hydrogen) atoms. The van der Waals surface area contributed by atoms with Gasteiger partial charge in [-0.15, -0.1) is 0 Å². The molecular weight excluding hydrogens is 524 g/mol. The minimum absolute atomic E-state index is 0.134. The lowest BCUT2D eigenvalue weighted by Crippen LogP contribution is -2.50. The fourth-order valence-corrected chi connectivity index (χ4v) is 8.22. The molecule has 0 radical (unpaired) electrons. The zero-order chi connectivity index (χ0) is 28.5. The number of fused-ring (bicyclic) bond motifs is 5. The van der Waals surface area contributed by atoms with E-state index in [0.29, 0.717) is 55.4 Å². The van der Waals surface area contributed by atoms with Crippen molar-refractivity contribution in [2.24, 2.45) is 34.5 Å². The van der Waals surface area contributed by atoms with Crippen LogP contribution in [0, 0.1) is 34.5 Å². The number of amides is 1. The molecule has 4 nitrogen and oxygen atoms in total. The van der Waals surface area contributed by atoms with Gasteiger partial charge in [-0.05, 0) is 103 Å². The molecule has 2 saturated carbocycles. The Morgan fingerprint density at radius 1 is 0.974 bits per heavy atom. The summed E-state index contributed by atoms with van der Waals surface area (Å²) in [6.45, 7) is 4.17. The molecule has 1 aromatic carbocycles. The average molecular weight is 556 g/mol. The standard InChI is InChI=1S/C29H31F6NO3/c1-26-11-9-15(25(38)39)13-16(26)3-5-18-19-7-8-22(27(19,2)12-10-20(18)26)24(37)36-23-14-17(28(30,31)32)4-6-21(23)29(33,34)35/h3-4,6,13-14,18-20,22H,5,7-12H2,1-2H3,(H,36,37)(H,38,39)/t18-,19-,20-,22+,26-,27-/m0/s1. The summed E-state index contributed by atoms with van der Waals surface area (Å²) in [5.41, 5.74) is -2.66. The van der Waals surface area contributed by atoms with Crippen molar-refractivity contribution in [2.45, 2.75) is 71.1 Å². The third-order valence-electron chi connectivity index (χ3n) is 10.3. The lowest BCUT2D eigenvalue weighted by molar-refractivity contribution is -0.141. The first-order chi connectivity index (χ1) is 18.1. The summed E-state index contributed by atoms with van der Waals surface area (Å²) < 4.78 is 80.6. The molecule has 0 unspecified atom stereocenters. The van der Waals surface area contributed by atoms with Crippen LogP contribution in [0.3, 0.4) is 0 Å². The first-order valence-corrected chi connectivity index (χ1v) is 13.3. The van der Waals surface area contributed by atoms with E-state index in [1.54, 1.807) is 6.08 Å². The molecule has 4 aliphatic rings. The van der Waals surface area contributed by atoms with Crippen LogP contribution in [0.1, 0.15) is 69.9 Å². The van der Waals surface area contributed by atoms with Gasteiger partial charge in [-0.3, -0.25) is 4.79 Å². The van der Waals surface area contributed by atoms with Gasteiger partial charge in [0.2, 0.25) is 5.91 Å². The summed E-state index contributed by atoms with van der Waals surface area (Å²) >= 11 is 0. The van der Waals surface area contributed by atoms with E-state index in [1.807, 2.05) is 6.92 Å². The molecule has 5 rings (SSSR count). The zero-order valence-corrected chi connectivity index (χ0v) is 21.7. The van der Waals surface area contributed by atoms with Gasteiger partial charge in [0.05, 0.1) is 16.8 Å². The predicted molar refractivity (Wildman–Crippen MR) is 131 cm³/mol. The SMILES string of the molecule is C[C@]12CC[C@H]3[C@@H](CC=C4C=C(C(=O)O)CC[C@@]43C)[C@@H]1CC[C@@H]2C(=O)Nc1cc(C(F)(F)F)ccc1C(F)(F)F. The van der Waals surface area contributed by atoms with Gasteiger partial charge in [0, 0.05) is 11.5 Å². The van der Waals surface area contributed by atoms with Crippen molar-refractivity contribution in [3.8, 4) is 0 Å². The van der Waals surface area contributed by atoms with E-state index in [-0.39, 0.29) is 17.3 Å². The van der Waals surface area contributed by atoms with E-state index in [9.17, 15) is 41.0 Å². The number of anilines is 1. The molecule has 1 amide bonds. The summed E-state index contributed by atoms with van der Waals surface area (Å²) in [5.74, 6) is -1.53. The highest BCUT2D eigenvalue weighted by Crippen LogP contribution is 2.66. The van der Waals surface area contributed by atoms with Gasteiger partial charge < -0.3 is 10.4 Å². The maximum absolute atomic E-state index is 13.6. The van der Waals surface area contributed by atoms with Crippen LogP contribution < -0.4 is 5.32 Å². The molecule has 2 N–H and O–H groups in total. The maximum Gasteiger partial charge on any atom is 0.418 e. The molecule has 0 bridgehead atoms.